The molecule has 96 valence electrons. The van der Waals surface area contributed by atoms with Gasteiger partial charge in [-0.2, -0.15) is 0 Å². The van der Waals surface area contributed by atoms with Crippen LogP contribution in [-0.4, -0.2) is 17.0 Å². The van der Waals surface area contributed by atoms with E-state index >= 15 is 0 Å². The second kappa shape index (κ2) is 4.86. The SMILES string of the molecule is CC1CCNCC1Cn1sc2ccccc2c1=O. The van der Waals surface area contributed by atoms with Gasteiger partial charge in [0.25, 0.3) is 5.56 Å². The van der Waals surface area contributed by atoms with Gasteiger partial charge in [0.1, 0.15) is 0 Å². The number of nitrogens with zero attached hydrogens (tertiary/aromatic N) is 1. The first-order valence-electron chi connectivity index (χ1n) is 6.55. The predicted molar refractivity (Wildman–Crippen MR) is 76.2 cm³/mol. The Kier molecular flexibility index (Phi) is 3.22. The number of fused-ring (bicyclic) bond motifs is 1. The number of hydrogen-bond donors (Lipinski definition) is 1. The minimum Gasteiger partial charge on any atom is -0.316 e. The molecule has 1 saturated heterocycles. The summed E-state index contributed by atoms with van der Waals surface area (Å²) < 4.78 is 3.03. The minimum atomic E-state index is 0.174. The molecule has 0 amide bonds. The van der Waals surface area contributed by atoms with Crippen LogP contribution in [-0.2, 0) is 6.54 Å². The van der Waals surface area contributed by atoms with Crippen molar-refractivity contribution < 1.29 is 0 Å². The summed E-state index contributed by atoms with van der Waals surface area (Å²) in [7, 11) is 0. The van der Waals surface area contributed by atoms with Crippen molar-refractivity contribution in [3.8, 4) is 0 Å². The van der Waals surface area contributed by atoms with E-state index in [1.165, 1.54) is 6.42 Å². The van der Waals surface area contributed by atoms with E-state index in [-0.39, 0.29) is 5.56 Å². The zero-order valence-corrected chi connectivity index (χ0v) is 11.4. The van der Waals surface area contributed by atoms with Crippen LogP contribution in [0, 0.1) is 11.8 Å². The minimum absolute atomic E-state index is 0.174. The van der Waals surface area contributed by atoms with Crippen molar-refractivity contribution in [2.24, 2.45) is 11.8 Å². The zero-order chi connectivity index (χ0) is 12.5. The van der Waals surface area contributed by atoms with Crippen molar-refractivity contribution in [2.75, 3.05) is 13.1 Å². The van der Waals surface area contributed by atoms with Crippen LogP contribution in [0.4, 0.5) is 0 Å². The zero-order valence-electron chi connectivity index (χ0n) is 10.6. The van der Waals surface area contributed by atoms with E-state index in [4.69, 9.17) is 0 Å². The van der Waals surface area contributed by atoms with E-state index in [1.54, 1.807) is 11.5 Å². The number of aromatic nitrogens is 1. The maximum absolute atomic E-state index is 12.3. The third-order valence-corrected chi connectivity index (χ3v) is 5.03. The van der Waals surface area contributed by atoms with E-state index < -0.39 is 0 Å². The first-order valence-corrected chi connectivity index (χ1v) is 7.32. The van der Waals surface area contributed by atoms with Crippen molar-refractivity contribution in [3.63, 3.8) is 0 Å². The Morgan fingerprint density at radius 3 is 3.06 bits per heavy atom. The molecule has 2 aromatic rings. The highest BCUT2D eigenvalue weighted by Gasteiger charge is 2.22. The van der Waals surface area contributed by atoms with Gasteiger partial charge < -0.3 is 5.32 Å². The Morgan fingerprint density at radius 2 is 2.28 bits per heavy atom. The van der Waals surface area contributed by atoms with Crippen LogP contribution in [0.1, 0.15) is 13.3 Å². The molecule has 2 unspecified atom stereocenters. The number of hydrogen-bond acceptors (Lipinski definition) is 3. The summed E-state index contributed by atoms with van der Waals surface area (Å²) in [5.41, 5.74) is 0.174. The third kappa shape index (κ3) is 2.10. The van der Waals surface area contributed by atoms with Gasteiger partial charge in [-0.1, -0.05) is 30.6 Å². The normalized spacial score (nSPS) is 24.5. The van der Waals surface area contributed by atoms with Crippen molar-refractivity contribution in [1.29, 1.82) is 0 Å². The lowest BCUT2D eigenvalue weighted by Gasteiger charge is -2.29. The van der Waals surface area contributed by atoms with Gasteiger partial charge in [0, 0.05) is 6.54 Å². The quantitative estimate of drug-likeness (QED) is 0.901. The van der Waals surface area contributed by atoms with E-state index in [1.807, 2.05) is 28.2 Å². The lowest BCUT2D eigenvalue weighted by atomic mass is 9.88. The molecule has 0 saturated carbocycles. The molecule has 1 aliphatic rings. The summed E-state index contributed by atoms with van der Waals surface area (Å²) in [5.74, 6) is 1.27. The van der Waals surface area contributed by atoms with Gasteiger partial charge in [0.15, 0.2) is 0 Å². The van der Waals surface area contributed by atoms with Gasteiger partial charge in [-0.3, -0.25) is 8.75 Å². The molecule has 1 N–H and O–H groups in total. The standard InChI is InChI=1S/C14H18N2OS/c1-10-6-7-15-8-11(10)9-16-14(17)12-4-2-3-5-13(12)18-16/h2-5,10-11,15H,6-9H2,1H3. The fourth-order valence-electron chi connectivity index (χ4n) is 2.65. The van der Waals surface area contributed by atoms with Crippen LogP contribution < -0.4 is 10.9 Å². The van der Waals surface area contributed by atoms with Gasteiger partial charge in [0.05, 0.1) is 10.1 Å². The number of benzene rings is 1. The van der Waals surface area contributed by atoms with E-state index in [0.717, 1.165) is 29.7 Å². The van der Waals surface area contributed by atoms with E-state index in [9.17, 15) is 4.79 Å². The molecule has 0 aliphatic carbocycles. The van der Waals surface area contributed by atoms with Gasteiger partial charge in [-0.15, -0.1) is 0 Å². The second-order valence-corrected chi connectivity index (χ2v) is 6.25. The first-order chi connectivity index (χ1) is 8.75. The molecule has 0 spiro atoms. The number of nitrogens with one attached hydrogen (secondary N) is 1. The van der Waals surface area contributed by atoms with E-state index in [2.05, 4.69) is 12.2 Å². The topological polar surface area (TPSA) is 34.0 Å². The third-order valence-electron chi connectivity index (χ3n) is 3.94. The highest BCUT2D eigenvalue weighted by atomic mass is 32.1. The van der Waals surface area contributed by atoms with Crippen molar-refractivity contribution in [1.82, 2.24) is 9.27 Å². The molecule has 1 aromatic carbocycles. The number of piperidine rings is 1. The molecule has 4 heteroatoms. The van der Waals surface area contributed by atoms with Gasteiger partial charge in [-0.25, -0.2) is 0 Å². The average molecular weight is 262 g/mol. The summed E-state index contributed by atoms with van der Waals surface area (Å²) in [6, 6.07) is 7.88. The highest BCUT2D eigenvalue weighted by Crippen LogP contribution is 2.22. The Morgan fingerprint density at radius 1 is 1.44 bits per heavy atom. The van der Waals surface area contributed by atoms with Gasteiger partial charge >= 0.3 is 0 Å². The smallest absolute Gasteiger partial charge is 0.268 e. The summed E-state index contributed by atoms with van der Waals surface area (Å²) in [6.07, 6.45) is 1.21. The van der Waals surface area contributed by atoms with E-state index in [0.29, 0.717) is 11.8 Å². The summed E-state index contributed by atoms with van der Waals surface area (Å²) in [5, 5.41) is 4.29. The summed E-state index contributed by atoms with van der Waals surface area (Å²) in [6.45, 7) is 5.29. The van der Waals surface area contributed by atoms with Crippen molar-refractivity contribution in [3.05, 3.63) is 34.6 Å². The molecule has 1 aliphatic heterocycles. The maximum atomic E-state index is 12.3. The fourth-order valence-corrected chi connectivity index (χ4v) is 3.73. The maximum Gasteiger partial charge on any atom is 0.268 e. The molecule has 3 nitrogen and oxygen atoms in total. The fraction of sp³-hybridized carbons (Fsp3) is 0.500. The monoisotopic (exact) mass is 262 g/mol. The summed E-state index contributed by atoms with van der Waals surface area (Å²) >= 11 is 1.60. The van der Waals surface area contributed by atoms with Crippen LogP contribution >= 0.6 is 11.5 Å². The molecule has 1 aromatic heterocycles. The molecule has 1 fully saturated rings. The summed E-state index contributed by atoms with van der Waals surface area (Å²) in [4.78, 5) is 12.3. The van der Waals surface area contributed by atoms with Gasteiger partial charge in [0.2, 0.25) is 0 Å². The van der Waals surface area contributed by atoms with Crippen LogP contribution in [0.2, 0.25) is 0 Å². The van der Waals surface area contributed by atoms with Crippen LogP contribution in [0.15, 0.2) is 29.1 Å². The Balaban J connectivity index is 1.90. The molecule has 0 bridgehead atoms. The molecule has 18 heavy (non-hydrogen) atoms. The highest BCUT2D eigenvalue weighted by molar-refractivity contribution is 7.13. The molecular weight excluding hydrogens is 244 g/mol. The molecule has 3 rings (SSSR count). The molecule has 2 heterocycles. The predicted octanol–water partition coefficient (Wildman–Crippen LogP) is 2.31. The molecular formula is C14H18N2OS. The average Bonchev–Trinajstić information content (AvgIpc) is 2.70. The second-order valence-electron chi connectivity index (χ2n) is 5.18. The Labute approximate surface area is 111 Å². The largest absolute Gasteiger partial charge is 0.316 e. The van der Waals surface area contributed by atoms with Crippen molar-refractivity contribution in [2.45, 2.75) is 19.9 Å². The number of rotatable bonds is 2. The lowest BCUT2D eigenvalue weighted by Crippen LogP contribution is -2.38. The van der Waals surface area contributed by atoms with Crippen LogP contribution in [0.3, 0.4) is 0 Å². The van der Waals surface area contributed by atoms with Gasteiger partial charge in [-0.05, 0) is 43.5 Å². The first kappa shape index (κ1) is 11.9. The molecule has 0 radical (unpaired) electrons. The lowest BCUT2D eigenvalue weighted by molar-refractivity contribution is 0.249. The Bertz CT molecular complexity index is 601. The Hall–Kier alpha value is -1.13. The van der Waals surface area contributed by atoms with Crippen LogP contribution in [0.25, 0.3) is 10.1 Å². The van der Waals surface area contributed by atoms with Crippen LogP contribution in [0.5, 0.6) is 0 Å². The molecule has 2 atom stereocenters. The van der Waals surface area contributed by atoms with Crippen molar-refractivity contribution >= 4 is 21.6 Å².